The van der Waals surface area contributed by atoms with Crippen molar-refractivity contribution in [3.05, 3.63) is 30.1 Å². The molecule has 0 saturated carbocycles. The average Bonchev–Trinajstić information content (AvgIpc) is 2.77. The Hall–Kier alpha value is -1.09. The lowest BCUT2D eigenvalue weighted by molar-refractivity contribution is 0.231. The lowest BCUT2D eigenvalue weighted by Gasteiger charge is -2.38. The van der Waals surface area contributed by atoms with Gasteiger partial charge in [0.1, 0.15) is 5.82 Å². The topological polar surface area (TPSA) is 6.48 Å². The van der Waals surface area contributed by atoms with Crippen molar-refractivity contribution in [2.24, 2.45) is 0 Å². The summed E-state index contributed by atoms with van der Waals surface area (Å²) < 4.78 is 12.8. The van der Waals surface area contributed by atoms with E-state index < -0.39 is 0 Å². The van der Waals surface area contributed by atoms with E-state index in [4.69, 9.17) is 0 Å². The maximum absolute atomic E-state index is 12.8. The van der Waals surface area contributed by atoms with Crippen LogP contribution in [0.15, 0.2) is 24.3 Å². The highest BCUT2D eigenvalue weighted by atomic mass is 19.1. The summed E-state index contributed by atoms with van der Waals surface area (Å²) in [5.41, 5.74) is 1.16. The van der Waals surface area contributed by atoms with Gasteiger partial charge < -0.3 is 4.90 Å². The van der Waals surface area contributed by atoms with Crippen LogP contribution in [0, 0.1) is 5.82 Å². The molecule has 2 aliphatic rings. The molecule has 0 aromatic heterocycles. The molecule has 2 saturated heterocycles. The second-order valence-corrected chi connectivity index (χ2v) is 4.75. The van der Waals surface area contributed by atoms with Crippen molar-refractivity contribution in [2.75, 3.05) is 31.1 Å². The fourth-order valence-corrected chi connectivity index (χ4v) is 2.88. The molecule has 0 bridgehead atoms. The van der Waals surface area contributed by atoms with Crippen LogP contribution in [0.3, 0.4) is 0 Å². The molecule has 1 aromatic carbocycles. The van der Waals surface area contributed by atoms with Crippen molar-refractivity contribution >= 4 is 5.69 Å². The predicted octanol–water partition coefficient (Wildman–Crippen LogP) is 2.11. The highest BCUT2D eigenvalue weighted by Crippen LogP contribution is 2.25. The summed E-state index contributed by atoms with van der Waals surface area (Å²) in [5, 5.41) is 0. The molecule has 0 aliphatic carbocycles. The quantitative estimate of drug-likeness (QED) is 0.715. The number of rotatable bonds is 1. The fraction of sp³-hybridized carbons (Fsp3) is 0.538. The number of piperazine rings is 1. The zero-order valence-corrected chi connectivity index (χ0v) is 9.40. The van der Waals surface area contributed by atoms with Crippen LogP contribution in [0.1, 0.15) is 12.8 Å². The number of benzene rings is 1. The molecule has 0 radical (unpaired) electrons. The van der Waals surface area contributed by atoms with Gasteiger partial charge in [-0.05, 0) is 43.7 Å². The third kappa shape index (κ3) is 1.80. The largest absolute Gasteiger partial charge is 0.369 e. The molecule has 2 nitrogen and oxygen atoms in total. The van der Waals surface area contributed by atoms with Crippen molar-refractivity contribution in [3.8, 4) is 0 Å². The zero-order valence-electron chi connectivity index (χ0n) is 9.40. The first-order valence-corrected chi connectivity index (χ1v) is 6.07. The second-order valence-electron chi connectivity index (χ2n) is 4.75. The molecule has 2 heterocycles. The van der Waals surface area contributed by atoms with Crippen molar-refractivity contribution in [2.45, 2.75) is 18.9 Å². The normalized spacial score (nSPS) is 25.8. The number of fused-ring (bicyclic) bond motifs is 1. The average molecular weight is 220 g/mol. The van der Waals surface area contributed by atoms with E-state index in [0.29, 0.717) is 0 Å². The van der Waals surface area contributed by atoms with E-state index in [1.165, 1.54) is 19.4 Å². The molecular weight excluding hydrogens is 203 g/mol. The van der Waals surface area contributed by atoms with E-state index in [-0.39, 0.29) is 5.82 Å². The summed E-state index contributed by atoms with van der Waals surface area (Å²) in [6.07, 6.45) is 2.65. The molecule has 2 fully saturated rings. The van der Waals surface area contributed by atoms with Gasteiger partial charge in [0, 0.05) is 31.4 Å². The first-order chi connectivity index (χ1) is 7.83. The van der Waals surface area contributed by atoms with Gasteiger partial charge >= 0.3 is 0 Å². The summed E-state index contributed by atoms with van der Waals surface area (Å²) >= 11 is 0. The minimum Gasteiger partial charge on any atom is -0.369 e. The van der Waals surface area contributed by atoms with Gasteiger partial charge in [0.2, 0.25) is 0 Å². The lowest BCUT2D eigenvalue weighted by atomic mass is 10.1. The minimum absolute atomic E-state index is 0.150. The molecule has 16 heavy (non-hydrogen) atoms. The lowest BCUT2D eigenvalue weighted by Crippen LogP contribution is -2.50. The van der Waals surface area contributed by atoms with Crippen LogP contribution in [0.5, 0.6) is 0 Å². The molecule has 3 rings (SSSR count). The Morgan fingerprint density at radius 2 is 1.88 bits per heavy atom. The van der Waals surface area contributed by atoms with E-state index in [0.717, 1.165) is 31.4 Å². The van der Waals surface area contributed by atoms with E-state index in [2.05, 4.69) is 9.80 Å². The fourth-order valence-electron chi connectivity index (χ4n) is 2.88. The summed E-state index contributed by atoms with van der Waals surface area (Å²) in [5.74, 6) is -0.150. The Kier molecular flexibility index (Phi) is 2.56. The molecule has 1 aromatic rings. The summed E-state index contributed by atoms with van der Waals surface area (Å²) in [4.78, 5) is 4.96. The van der Waals surface area contributed by atoms with Crippen LogP contribution < -0.4 is 4.90 Å². The standard InChI is InChI=1S/C13H17FN2/c14-11-3-5-12(6-4-11)16-9-8-15-7-1-2-13(15)10-16/h3-6,13H,1-2,7-10H2. The van der Waals surface area contributed by atoms with E-state index >= 15 is 0 Å². The van der Waals surface area contributed by atoms with Crippen LogP contribution in [0.25, 0.3) is 0 Å². The van der Waals surface area contributed by atoms with Crippen molar-refractivity contribution in [3.63, 3.8) is 0 Å². The molecule has 0 amide bonds. The number of hydrogen-bond donors (Lipinski definition) is 0. The monoisotopic (exact) mass is 220 g/mol. The van der Waals surface area contributed by atoms with Gasteiger partial charge in [0.25, 0.3) is 0 Å². The smallest absolute Gasteiger partial charge is 0.123 e. The highest BCUT2D eigenvalue weighted by molar-refractivity contribution is 5.47. The number of halogens is 1. The van der Waals surface area contributed by atoms with Crippen molar-refractivity contribution < 1.29 is 4.39 Å². The number of hydrogen-bond acceptors (Lipinski definition) is 2. The SMILES string of the molecule is Fc1ccc(N2CCN3CCCC3C2)cc1. The van der Waals surface area contributed by atoms with Gasteiger partial charge in [-0.1, -0.05) is 0 Å². The second kappa shape index (κ2) is 4.06. The molecule has 1 atom stereocenters. The summed E-state index contributed by atoms with van der Waals surface area (Å²) in [7, 11) is 0. The molecule has 86 valence electrons. The number of nitrogens with zero attached hydrogens (tertiary/aromatic N) is 2. The van der Waals surface area contributed by atoms with Gasteiger partial charge in [0.15, 0.2) is 0 Å². The molecular formula is C13H17FN2. The first-order valence-electron chi connectivity index (χ1n) is 6.07. The van der Waals surface area contributed by atoms with Gasteiger partial charge in [-0.15, -0.1) is 0 Å². The Balaban J connectivity index is 1.74. The minimum atomic E-state index is -0.150. The summed E-state index contributed by atoms with van der Waals surface area (Å²) in [6.45, 7) is 4.59. The van der Waals surface area contributed by atoms with Crippen LogP contribution in [0.2, 0.25) is 0 Å². The highest BCUT2D eigenvalue weighted by Gasteiger charge is 2.30. The van der Waals surface area contributed by atoms with Crippen LogP contribution in [-0.2, 0) is 0 Å². The van der Waals surface area contributed by atoms with Gasteiger partial charge in [-0.3, -0.25) is 4.90 Å². The molecule has 0 N–H and O–H groups in total. The van der Waals surface area contributed by atoms with Crippen LogP contribution >= 0.6 is 0 Å². The van der Waals surface area contributed by atoms with Crippen molar-refractivity contribution in [1.82, 2.24) is 4.90 Å². The maximum Gasteiger partial charge on any atom is 0.123 e. The zero-order chi connectivity index (χ0) is 11.0. The van der Waals surface area contributed by atoms with Crippen LogP contribution in [0.4, 0.5) is 10.1 Å². The Morgan fingerprint density at radius 3 is 2.69 bits per heavy atom. The van der Waals surface area contributed by atoms with Gasteiger partial charge in [0.05, 0.1) is 0 Å². The van der Waals surface area contributed by atoms with Gasteiger partial charge in [-0.25, -0.2) is 4.39 Å². The molecule has 3 heteroatoms. The Bertz CT molecular complexity index is 363. The Morgan fingerprint density at radius 1 is 1.06 bits per heavy atom. The first kappa shape index (κ1) is 10.1. The third-order valence-electron chi connectivity index (χ3n) is 3.78. The molecule has 2 aliphatic heterocycles. The van der Waals surface area contributed by atoms with E-state index in [1.54, 1.807) is 12.1 Å². The van der Waals surface area contributed by atoms with Crippen LogP contribution in [-0.4, -0.2) is 37.1 Å². The third-order valence-corrected chi connectivity index (χ3v) is 3.78. The predicted molar refractivity (Wildman–Crippen MR) is 63.2 cm³/mol. The molecule has 0 spiro atoms. The maximum atomic E-state index is 12.8. The van der Waals surface area contributed by atoms with Crippen molar-refractivity contribution in [1.29, 1.82) is 0 Å². The number of anilines is 1. The van der Waals surface area contributed by atoms with E-state index in [1.807, 2.05) is 12.1 Å². The summed E-state index contributed by atoms with van der Waals surface area (Å²) in [6, 6.07) is 7.60. The molecule has 1 unspecified atom stereocenters. The Labute approximate surface area is 95.7 Å². The van der Waals surface area contributed by atoms with E-state index in [9.17, 15) is 4.39 Å². The van der Waals surface area contributed by atoms with Gasteiger partial charge in [-0.2, -0.15) is 0 Å².